The van der Waals surface area contributed by atoms with Crippen LogP contribution in [0.4, 0.5) is 0 Å². The molecule has 0 radical (unpaired) electrons. The van der Waals surface area contributed by atoms with Crippen LogP contribution in [0.1, 0.15) is 50.5 Å². The molecule has 1 aliphatic carbocycles. The van der Waals surface area contributed by atoms with E-state index in [2.05, 4.69) is 0 Å². The zero-order valence-electron chi connectivity index (χ0n) is 15.4. The van der Waals surface area contributed by atoms with Crippen LogP contribution in [0.15, 0.2) is 30.3 Å². The number of methoxy groups -OCH3 is 1. The molecule has 5 heteroatoms. The van der Waals surface area contributed by atoms with Crippen LogP contribution in [0.3, 0.4) is 0 Å². The molecule has 26 heavy (non-hydrogen) atoms. The maximum absolute atomic E-state index is 12.8. The van der Waals surface area contributed by atoms with Crippen LogP contribution in [0.2, 0.25) is 0 Å². The molecular formula is C21H28O5. The molecule has 0 aromatic heterocycles. The number of benzene rings is 1. The predicted molar refractivity (Wildman–Crippen MR) is 96.2 cm³/mol. The first-order valence-corrected chi connectivity index (χ1v) is 9.53. The second kappa shape index (κ2) is 8.67. The lowest BCUT2D eigenvalue weighted by molar-refractivity contribution is -0.162. The van der Waals surface area contributed by atoms with Gasteiger partial charge in [-0.05, 0) is 37.2 Å². The number of hydrogen-bond donors (Lipinski definition) is 0. The van der Waals surface area contributed by atoms with E-state index in [1.807, 2.05) is 30.3 Å². The average Bonchev–Trinajstić information content (AvgIpc) is 3.12. The zero-order valence-corrected chi connectivity index (χ0v) is 15.4. The lowest BCUT2D eigenvalue weighted by atomic mass is 9.76. The highest BCUT2D eigenvalue weighted by Crippen LogP contribution is 2.44. The van der Waals surface area contributed by atoms with Crippen molar-refractivity contribution in [1.82, 2.24) is 0 Å². The molecule has 2 aliphatic rings. The zero-order chi connectivity index (χ0) is 18.4. The Morgan fingerprint density at radius 2 is 1.96 bits per heavy atom. The fraction of sp³-hybridized carbons (Fsp3) is 0.619. The molecule has 0 N–H and O–H groups in total. The summed E-state index contributed by atoms with van der Waals surface area (Å²) in [4.78, 5) is 24.7. The Morgan fingerprint density at radius 1 is 1.23 bits per heavy atom. The van der Waals surface area contributed by atoms with E-state index in [4.69, 9.17) is 14.2 Å². The molecule has 1 aromatic carbocycles. The van der Waals surface area contributed by atoms with E-state index in [0.29, 0.717) is 6.61 Å². The predicted octanol–water partition coefficient (Wildman–Crippen LogP) is 3.65. The molecule has 5 nitrogen and oxygen atoms in total. The SMILES string of the molecule is COC(=O)CC(C(=O)OCc1ccccc1)C1CCOC2(CCCC2)C1. The van der Waals surface area contributed by atoms with Gasteiger partial charge in [0.2, 0.25) is 0 Å². The molecule has 1 aromatic rings. The molecule has 2 unspecified atom stereocenters. The van der Waals surface area contributed by atoms with Crippen LogP contribution in [-0.4, -0.2) is 31.3 Å². The van der Waals surface area contributed by atoms with Crippen LogP contribution < -0.4 is 0 Å². The van der Waals surface area contributed by atoms with Crippen LogP contribution in [0, 0.1) is 11.8 Å². The van der Waals surface area contributed by atoms with Crippen molar-refractivity contribution in [2.45, 2.75) is 57.2 Å². The Morgan fingerprint density at radius 3 is 2.65 bits per heavy atom. The summed E-state index contributed by atoms with van der Waals surface area (Å²) in [5.41, 5.74) is 0.841. The molecule has 3 rings (SSSR count). The summed E-state index contributed by atoms with van der Waals surface area (Å²) in [5, 5.41) is 0. The number of carbonyl (C=O) groups excluding carboxylic acids is 2. The standard InChI is InChI=1S/C21H28O5/c1-24-19(22)13-18(20(23)25-15-16-7-3-2-4-8-16)17-9-12-26-21(14-17)10-5-6-11-21/h2-4,7-8,17-18H,5-6,9-15H2,1H3. The van der Waals surface area contributed by atoms with Gasteiger partial charge in [-0.1, -0.05) is 43.2 Å². The first-order valence-electron chi connectivity index (χ1n) is 9.53. The Bertz CT molecular complexity index is 606. The molecule has 2 fully saturated rings. The Kier molecular flexibility index (Phi) is 6.30. The molecule has 0 bridgehead atoms. The van der Waals surface area contributed by atoms with E-state index >= 15 is 0 Å². The summed E-state index contributed by atoms with van der Waals surface area (Å²) in [6.45, 7) is 0.875. The van der Waals surface area contributed by atoms with Gasteiger partial charge in [0.25, 0.3) is 0 Å². The smallest absolute Gasteiger partial charge is 0.310 e. The number of ether oxygens (including phenoxy) is 3. The molecule has 1 aliphatic heterocycles. The van der Waals surface area contributed by atoms with Crippen molar-refractivity contribution < 1.29 is 23.8 Å². The Labute approximate surface area is 155 Å². The summed E-state index contributed by atoms with van der Waals surface area (Å²) in [5.74, 6) is -1.03. The third kappa shape index (κ3) is 4.64. The van der Waals surface area contributed by atoms with Gasteiger partial charge in [-0.2, -0.15) is 0 Å². The van der Waals surface area contributed by atoms with Gasteiger partial charge in [0.05, 0.1) is 25.0 Å². The van der Waals surface area contributed by atoms with E-state index in [0.717, 1.165) is 31.2 Å². The lowest BCUT2D eigenvalue weighted by Crippen LogP contribution is -2.42. The van der Waals surface area contributed by atoms with Gasteiger partial charge in [-0.3, -0.25) is 9.59 Å². The average molecular weight is 360 g/mol. The van der Waals surface area contributed by atoms with E-state index in [9.17, 15) is 9.59 Å². The molecule has 1 saturated heterocycles. The fourth-order valence-electron chi connectivity index (χ4n) is 4.32. The van der Waals surface area contributed by atoms with Crippen molar-refractivity contribution in [3.05, 3.63) is 35.9 Å². The second-order valence-electron chi connectivity index (χ2n) is 7.47. The maximum Gasteiger partial charge on any atom is 0.310 e. The largest absolute Gasteiger partial charge is 0.469 e. The summed E-state index contributed by atoms with van der Waals surface area (Å²) in [6, 6.07) is 9.60. The van der Waals surface area contributed by atoms with Gasteiger partial charge >= 0.3 is 11.9 Å². The fourth-order valence-corrected chi connectivity index (χ4v) is 4.32. The summed E-state index contributed by atoms with van der Waals surface area (Å²) in [7, 11) is 1.36. The molecule has 1 saturated carbocycles. The Balaban J connectivity index is 1.67. The minimum Gasteiger partial charge on any atom is -0.469 e. The van der Waals surface area contributed by atoms with E-state index in [-0.39, 0.29) is 36.5 Å². The molecule has 1 heterocycles. The highest BCUT2D eigenvalue weighted by Gasteiger charge is 2.44. The van der Waals surface area contributed by atoms with Crippen molar-refractivity contribution in [3.8, 4) is 0 Å². The van der Waals surface area contributed by atoms with Gasteiger partial charge < -0.3 is 14.2 Å². The third-order valence-corrected chi connectivity index (χ3v) is 5.76. The number of esters is 2. The van der Waals surface area contributed by atoms with Crippen molar-refractivity contribution in [3.63, 3.8) is 0 Å². The van der Waals surface area contributed by atoms with E-state index in [1.54, 1.807) is 0 Å². The monoisotopic (exact) mass is 360 g/mol. The number of rotatable bonds is 6. The van der Waals surface area contributed by atoms with Gasteiger partial charge in [0.1, 0.15) is 6.61 Å². The third-order valence-electron chi connectivity index (χ3n) is 5.76. The van der Waals surface area contributed by atoms with Crippen LogP contribution in [-0.2, 0) is 30.4 Å². The van der Waals surface area contributed by atoms with Gasteiger partial charge in [0, 0.05) is 6.61 Å². The summed E-state index contributed by atoms with van der Waals surface area (Å²) < 4.78 is 16.5. The highest BCUT2D eigenvalue weighted by atomic mass is 16.5. The van der Waals surface area contributed by atoms with Crippen molar-refractivity contribution in [1.29, 1.82) is 0 Å². The van der Waals surface area contributed by atoms with Crippen molar-refractivity contribution >= 4 is 11.9 Å². The Hall–Kier alpha value is -1.88. The molecule has 0 amide bonds. The maximum atomic E-state index is 12.8. The second-order valence-corrected chi connectivity index (χ2v) is 7.47. The molecular weight excluding hydrogens is 332 g/mol. The first kappa shape index (κ1) is 18.9. The van der Waals surface area contributed by atoms with Crippen LogP contribution in [0.5, 0.6) is 0 Å². The van der Waals surface area contributed by atoms with E-state index < -0.39 is 5.92 Å². The quantitative estimate of drug-likeness (QED) is 0.725. The molecule has 2 atom stereocenters. The van der Waals surface area contributed by atoms with Gasteiger partial charge in [-0.25, -0.2) is 0 Å². The molecule has 142 valence electrons. The highest BCUT2D eigenvalue weighted by molar-refractivity contribution is 5.80. The van der Waals surface area contributed by atoms with Crippen LogP contribution >= 0.6 is 0 Å². The van der Waals surface area contributed by atoms with E-state index in [1.165, 1.54) is 20.0 Å². The van der Waals surface area contributed by atoms with Crippen molar-refractivity contribution in [2.75, 3.05) is 13.7 Å². The minimum absolute atomic E-state index is 0.0743. The molecule has 1 spiro atoms. The van der Waals surface area contributed by atoms with Gasteiger partial charge in [-0.15, -0.1) is 0 Å². The minimum atomic E-state index is -0.465. The summed E-state index contributed by atoms with van der Waals surface area (Å²) >= 11 is 0. The topological polar surface area (TPSA) is 61.8 Å². The van der Waals surface area contributed by atoms with Crippen LogP contribution in [0.25, 0.3) is 0 Å². The first-order chi connectivity index (χ1) is 12.6. The van der Waals surface area contributed by atoms with Gasteiger partial charge in [0.15, 0.2) is 0 Å². The van der Waals surface area contributed by atoms with Crippen molar-refractivity contribution in [2.24, 2.45) is 11.8 Å². The normalized spacial score (nSPS) is 22.7. The number of carbonyl (C=O) groups is 2. The lowest BCUT2D eigenvalue weighted by Gasteiger charge is -2.40. The summed E-state index contributed by atoms with van der Waals surface area (Å²) in [6.07, 6.45) is 6.13. The number of hydrogen-bond acceptors (Lipinski definition) is 5.